The molecule has 2 rings (SSSR count). The lowest BCUT2D eigenvalue weighted by Crippen LogP contribution is -2.12. The molecule has 82 valence electrons. The molecule has 0 aromatic heterocycles. The molecule has 2 N–H and O–H groups in total. The van der Waals surface area contributed by atoms with E-state index < -0.39 is 0 Å². The van der Waals surface area contributed by atoms with Gasteiger partial charge in [-0.15, -0.1) is 0 Å². The number of carbonyl (C=O) groups excluding carboxylic acids is 1. The fourth-order valence-electron chi connectivity index (χ4n) is 1.76. The van der Waals surface area contributed by atoms with Crippen LogP contribution >= 0.6 is 0 Å². The average molecular weight is 214 g/mol. The molecule has 0 spiro atoms. The Morgan fingerprint density at radius 3 is 2.56 bits per heavy atom. The van der Waals surface area contributed by atoms with Crippen molar-refractivity contribution >= 4 is 22.4 Å². The monoisotopic (exact) mass is 214 g/mol. The van der Waals surface area contributed by atoms with Crippen molar-refractivity contribution in [2.75, 3.05) is 19.0 Å². The van der Waals surface area contributed by atoms with E-state index in [1.165, 1.54) is 0 Å². The summed E-state index contributed by atoms with van der Waals surface area (Å²) < 4.78 is 0. The highest BCUT2D eigenvalue weighted by atomic mass is 16.1. The maximum absolute atomic E-state index is 11.2. The standard InChI is InChI=1S/C13H14N2O/c1-15(2)10-6-7-11-9(8-10)4-3-5-12(11)13(14)16/h3-8H,1-2H3,(H2,14,16). The van der Waals surface area contributed by atoms with Crippen LogP contribution in [0.3, 0.4) is 0 Å². The quantitative estimate of drug-likeness (QED) is 0.831. The van der Waals surface area contributed by atoms with E-state index in [2.05, 4.69) is 0 Å². The van der Waals surface area contributed by atoms with Gasteiger partial charge in [0.15, 0.2) is 0 Å². The molecule has 0 fully saturated rings. The lowest BCUT2D eigenvalue weighted by atomic mass is 10.0. The predicted octanol–water partition coefficient (Wildman–Crippen LogP) is 2.00. The normalized spacial score (nSPS) is 10.4. The highest BCUT2D eigenvalue weighted by Gasteiger charge is 2.06. The summed E-state index contributed by atoms with van der Waals surface area (Å²) >= 11 is 0. The average Bonchev–Trinajstić information content (AvgIpc) is 2.27. The van der Waals surface area contributed by atoms with E-state index in [0.717, 1.165) is 16.5 Å². The van der Waals surface area contributed by atoms with Gasteiger partial charge in [-0.05, 0) is 29.0 Å². The largest absolute Gasteiger partial charge is 0.378 e. The van der Waals surface area contributed by atoms with Gasteiger partial charge in [-0.1, -0.05) is 18.2 Å². The summed E-state index contributed by atoms with van der Waals surface area (Å²) in [6, 6.07) is 11.5. The molecule has 0 aliphatic carbocycles. The topological polar surface area (TPSA) is 46.3 Å². The summed E-state index contributed by atoms with van der Waals surface area (Å²) in [5, 5.41) is 1.93. The van der Waals surface area contributed by atoms with Gasteiger partial charge in [0, 0.05) is 25.3 Å². The van der Waals surface area contributed by atoms with Gasteiger partial charge in [0.05, 0.1) is 0 Å². The Labute approximate surface area is 94.5 Å². The molecule has 0 unspecified atom stereocenters. The highest BCUT2D eigenvalue weighted by Crippen LogP contribution is 2.23. The molecule has 2 aromatic rings. The first-order valence-corrected chi connectivity index (χ1v) is 5.09. The molecule has 0 bridgehead atoms. The zero-order valence-electron chi connectivity index (χ0n) is 9.40. The molecule has 0 saturated heterocycles. The third kappa shape index (κ3) is 1.72. The first-order valence-electron chi connectivity index (χ1n) is 5.09. The number of anilines is 1. The van der Waals surface area contributed by atoms with E-state index in [4.69, 9.17) is 5.73 Å². The van der Waals surface area contributed by atoms with Crippen molar-refractivity contribution in [2.24, 2.45) is 5.73 Å². The number of carbonyl (C=O) groups is 1. The van der Waals surface area contributed by atoms with Crippen LogP contribution in [0.25, 0.3) is 10.8 Å². The van der Waals surface area contributed by atoms with Crippen molar-refractivity contribution in [1.82, 2.24) is 0 Å². The number of nitrogens with zero attached hydrogens (tertiary/aromatic N) is 1. The molecule has 0 heterocycles. The van der Waals surface area contributed by atoms with Crippen LogP contribution in [0.2, 0.25) is 0 Å². The number of hydrogen-bond acceptors (Lipinski definition) is 2. The Balaban J connectivity index is 2.69. The number of primary amides is 1. The zero-order valence-corrected chi connectivity index (χ0v) is 9.40. The number of benzene rings is 2. The van der Waals surface area contributed by atoms with E-state index >= 15 is 0 Å². The van der Waals surface area contributed by atoms with Gasteiger partial charge in [-0.3, -0.25) is 4.79 Å². The first kappa shape index (κ1) is 10.5. The summed E-state index contributed by atoms with van der Waals surface area (Å²) in [4.78, 5) is 13.3. The summed E-state index contributed by atoms with van der Waals surface area (Å²) in [5.41, 5.74) is 7.01. The Bertz CT molecular complexity index is 547. The fraction of sp³-hybridized carbons (Fsp3) is 0.154. The second kappa shape index (κ2) is 3.85. The molecular formula is C13H14N2O. The SMILES string of the molecule is CN(C)c1ccc2c(C(N)=O)cccc2c1. The maximum Gasteiger partial charge on any atom is 0.249 e. The van der Waals surface area contributed by atoms with Gasteiger partial charge in [0.25, 0.3) is 0 Å². The van der Waals surface area contributed by atoms with E-state index in [1.807, 2.05) is 49.3 Å². The first-order chi connectivity index (χ1) is 7.59. The second-order valence-electron chi connectivity index (χ2n) is 3.97. The molecular weight excluding hydrogens is 200 g/mol. The Hall–Kier alpha value is -2.03. The van der Waals surface area contributed by atoms with Crippen molar-refractivity contribution in [3.63, 3.8) is 0 Å². The number of amides is 1. The van der Waals surface area contributed by atoms with Crippen molar-refractivity contribution in [3.05, 3.63) is 42.0 Å². The van der Waals surface area contributed by atoms with E-state index in [1.54, 1.807) is 6.07 Å². The third-order valence-electron chi connectivity index (χ3n) is 2.65. The Kier molecular flexibility index (Phi) is 2.52. The minimum atomic E-state index is -0.386. The Morgan fingerprint density at radius 1 is 1.19 bits per heavy atom. The summed E-state index contributed by atoms with van der Waals surface area (Å²) in [6.45, 7) is 0. The molecule has 0 aliphatic heterocycles. The van der Waals surface area contributed by atoms with E-state index in [9.17, 15) is 4.79 Å². The van der Waals surface area contributed by atoms with Gasteiger partial charge in [-0.25, -0.2) is 0 Å². The van der Waals surface area contributed by atoms with Crippen LogP contribution in [0.15, 0.2) is 36.4 Å². The van der Waals surface area contributed by atoms with Gasteiger partial charge in [-0.2, -0.15) is 0 Å². The van der Waals surface area contributed by atoms with Crippen molar-refractivity contribution in [3.8, 4) is 0 Å². The number of hydrogen-bond donors (Lipinski definition) is 1. The molecule has 0 aliphatic rings. The number of fused-ring (bicyclic) bond motifs is 1. The summed E-state index contributed by atoms with van der Waals surface area (Å²) in [7, 11) is 3.97. The van der Waals surface area contributed by atoms with Crippen molar-refractivity contribution in [2.45, 2.75) is 0 Å². The molecule has 3 heteroatoms. The highest BCUT2D eigenvalue weighted by molar-refractivity contribution is 6.06. The summed E-state index contributed by atoms with van der Waals surface area (Å²) in [5.74, 6) is -0.386. The van der Waals surface area contributed by atoms with Gasteiger partial charge in [0.2, 0.25) is 5.91 Å². The molecule has 0 atom stereocenters. The van der Waals surface area contributed by atoms with Gasteiger partial charge in [0.1, 0.15) is 0 Å². The lowest BCUT2D eigenvalue weighted by molar-refractivity contribution is 0.100. The summed E-state index contributed by atoms with van der Waals surface area (Å²) in [6.07, 6.45) is 0. The van der Waals surface area contributed by atoms with E-state index in [0.29, 0.717) is 5.56 Å². The molecule has 3 nitrogen and oxygen atoms in total. The van der Waals surface area contributed by atoms with Crippen LogP contribution in [0, 0.1) is 0 Å². The molecule has 0 radical (unpaired) electrons. The Morgan fingerprint density at radius 2 is 1.94 bits per heavy atom. The van der Waals surface area contributed by atoms with Crippen molar-refractivity contribution < 1.29 is 4.79 Å². The number of rotatable bonds is 2. The van der Waals surface area contributed by atoms with Crippen LogP contribution in [-0.4, -0.2) is 20.0 Å². The maximum atomic E-state index is 11.2. The zero-order chi connectivity index (χ0) is 11.7. The predicted molar refractivity (Wildman–Crippen MR) is 66.8 cm³/mol. The smallest absolute Gasteiger partial charge is 0.249 e. The number of nitrogens with two attached hydrogens (primary N) is 1. The van der Waals surface area contributed by atoms with Gasteiger partial charge >= 0.3 is 0 Å². The fourth-order valence-corrected chi connectivity index (χ4v) is 1.76. The lowest BCUT2D eigenvalue weighted by Gasteiger charge is -2.13. The molecule has 1 amide bonds. The van der Waals surface area contributed by atoms with Crippen molar-refractivity contribution in [1.29, 1.82) is 0 Å². The third-order valence-corrected chi connectivity index (χ3v) is 2.65. The molecule has 2 aromatic carbocycles. The minimum Gasteiger partial charge on any atom is -0.378 e. The van der Waals surface area contributed by atoms with Crippen LogP contribution in [0.4, 0.5) is 5.69 Å². The minimum absolute atomic E-state index is 0.386. The van der Waals surface area contributed by atoms with Crippen LogP contribution in [0.5, 0.6) is 0 Å². The molecule has 0 saturated carbocycles. The van der Waals surface area contributed by atoms with Crippen LogP contribution in [-0.2, 0) is 0 Å². The van der Waals surface area contributed by atoms with E-state index in [-0.39, 0.29) is 5.91 Å². The van der Waals surface area contributed by atoms with Crippen LogP contribution < -0.4 is 10.6 Å². The second-order valence-corrected chi connectivity index (χ2v) is 3.97. The molecule has 16 heavy (non-hydrogen) atoms. The van der Waals surface area contributed by atoms with Crippen LogP contribution in [0.1, 0.15) is 10.4 Å². The van der Waals surface area contributed by atoms with Gasteiger partial charge < -0.3 is 10.6 Å².